The first-order valence-corrected chi connectivity index (χ1v) is 6.34. The third-order valence-electron chi connectivity index (χ3n) is 2.12. The van der Waals surface area contributed by atoms with Gasteiger partial charge in [0.15, 0.2) is 0 Å². The fourth-order valence-corrected chi connectivity index (χ4v) is 1.67. The third-order valence-corrected chi connectivity index (χ3v) is 2.81. The molecule has 0 aliphatic heterocycles. The summed E-state index contributed by atoms with van der Waals surface area (Å²) in [6.07, 6.45) is 2.58. The van der Waals surface area contributed by atoms with Crippen molar-refractivity contribution in [3.8, 4) is 0 Å². The van der Waals surface area contributed by atoms with Crippen molar-refractivity contribution in [2.24, 2.45) is 0 Å². The minimum Gasteiger partial charge on any atom is -0.501 e. The van der Waals surface area contributed by atoms with Crippen molar-refractivity contribution in [3.63, 3.8) is 0 Å². The Bertz CT molecular complexity index is 499. The number of carbonyl (C=O) groups is 2. The fourth-order valence-electron chi connectivity index (χ4n) is 1.26. The largest absolute Gasteiger partial charge is 0.501 e. The monoisotopic (exact) mass is 327 g/mol. The Morgan fingerprint density at radius 1 is 1.42 bits per heavy atom. The van der Waals surface area contributed by atoms with Gasteiger partial charge in [-0.05, 0) is 41.1 Å². The standard InChI is InChI=1S/C13H14BrNO4/c1-3-19-7-6-12(16)15-9-4-5-11(14)10(8-9)13(17)18-2/h4-8H,3H2,1-2H3,(H,15,16)/b7-6+. The summed E-state index contributed by atoms with van der Waals surface area (Å²) in [4.78, 5) is 23.0. The molecule has 1 N–H and O–H groups in total. The van der Waals surface area contributed by atoms with Crippen molar-refractivity contribution in [2.75, 3.05) is 19.0 Å². The third kappa shape index (κ3) is 4.75. The normalized spacial score (nSPS) is 10.3. The van der Waals surface area contributed by atoms with E-state index in [1.54, 1.807) is 12.1 Å². The molecule has 1 aromatic rings. The van der Waals surface area contributed by atoms with E-state index in [1.165, 1.54) is 25.5 Å². The number of nitrogens with one attached hydrogen (secondary N) is 1. The zero-order valence-electron chi connectivity index (χ0n) is 10.6. The van der Waals surface area contributed by atoms with Gasteiger partial charge in [-0.25, -0.2) is 4.79 Å². The molecule has 0 atom stereocenters. The van der Waals surface area contributed by atoms with E-state index >= 15 is 0 Å². The van der Waals surface area contributed by atoms with Gasteiger partial charge in [0.2, 0.25) is 0 Å². The lowest BCUT2D eigenvalue weighted by Crippen LogP contribution is -2.10. The molecule has 0 aliphatic carbocycles. The van der Waals surface area contributed by atoms with Crippen LogP contribution < -0.4 is 5.32 Å². The molecule has 1 amide bonds. The summed E-state index contributed by atoms with van der Waals surface area (Å²) in [6.45, 7) is 2.31. The molecule has 0 aliphatic rings. The van der Waals surface area contributed by atoms with Crippen LogP contribution in [0.2, 0.25) is 0 Å². The summed E-state index contributed by atoms with van der Waals surface area (Å²) in [5, 5.41) is 2.61. The average molecular weight is 328 g/mol. The molecule has 6 heteroatoms. The lowest BCUT2D eigenvalue weighted by Gasteiger charge is -2.06. The number of amides is 1. The van der Waals surface area contributed by atoms with Crippen molar-refractivity contribution in [2.45, 2.75) is 6.92 Å². The summed E-state index contributed by atoms with van der Waals surface area (Å²) in [7, 11) is 1.30. The second kappa shape index (κ2) is 7.58. The van der Waals surface area contributed by atoms with Crippen LogP contribution in [0.5, 0.6) is 0 Å². The van der Waals surface area contributed by atoms with Crippen LogP contribution >= 0.6 is 15.9 Å². The van der Waals surface area contributed by atoms with E-state index in [4.69, 9.17) is 4.74 Å². The van der Waals surface area contributed by atoms with Gasteiger partial charge in [0, 0.05) is 16.2 Å². The van der Waals surface area contributed by atoms with Crippen LogP contribution in [0.4, 0.5) is 5.69 Å². The van der Waals surface area contributed by atoms with Gasteiger partial charge in [0.05, 0.1) is 25.5 Å². The van der Waals surface area contributed by atoms with Crippen LogP contribution in [0, 0.1) is 0 Å². The van der Waals surface area contributed by atoms with Gasteiger partial charge < -0.3 is 14.8 Å². The number of halogens is 1. The Kier molecular flexibility index (Phi) is 6.08. The minimum atomic E-state index is -0.479. The van der Waals surface area contributed by atoms with Gasteiger partial charge in [-0.1, -0.05) is 0 Å². The molecular weight excluding hydrogens is 314 g/mol. The molecule has 0 unspecified atom stereocenters. The number of carbonyl (C=O) groups excluding carboxylic acids is 2. The van der Waals surface area contributed by atoms with Gasteiger partial charge in [-0.3, -0.25) is 4.79 Å². The summed E-state index contributed by atoms with van der Waals surface area (Å²) in [5.41, 5.74) is 0.837. The van der Waals surface area contributed by atoms with Crippen LogP contribution in [0.15, 0.2) is 35.0 Å². The van der Waals surface area contributed by atoms with Crippen molar-refractivity contribution >= 4 is 33.5 Å². The quantitative estimate of drug-likeness (QED) is 0.513. The molecule has 0 spiro atoms. The smallest absolute Gasteiger partial charge is 0.339 e. The lowest BCUT2D eigenvalue weighted by atomic mass is 10.2. The molecule has 1 rings (SSSR count). The Balaban J connectivity index is 2.80. The van der Waals surface area contributed by atoms with E-state index in [0.29, 0.717) is 22.3 Å². The molecule has 0 bridgehead atoms. The van der Waals surface area contributed by atoms with Crippen molar-refractivity contribution in [3.05, 3.63) is 40.6 Å². The molecule has 0 radical (unpaired) electrons. The van der Waals surface area contributed by atoms with E-state index in [9.17, 15) is 9.59 Å². The Morgan fingerprint density at radius 2 is 2.16 bits per heavy atom. The average Bonchev–Trinajstić information content (AvgIpc) is 2.40. The molecule has 102 valence electrons. The van der Waals surface area contributed by atoms with Crippen molar-refractivity contribution < 1.29 is 19.1 Å². The van der Waals surface area contributed by atoms with Crippen LogP contribution in [0.25, 0.3) is 0 Å². The highest BCUT2D eigenvalue weighted by Crippen LogP contribution is 2.21. The van der Waals surface area contributed by atoms with E-state index in [-0.39, 0.29) is 5.91 Å². The number of rotatable bonds is 5. The molecule has 19 heavy (non-hydrogen) atoms. The summed E-state index contributed by atoms with van der Waals surface area (Å²) in [6, 6.07) is 4.86. The summed E-state index contributed by atoms with van der Waals surface area (Å²) >= 11 is 3.24. The van der Waals surface area contributed by atoms with Crippen LogP contribution in [-0.2, 0) is 14.3 Å². The highest BCUT2D eigenvalue weighted by Gasteiger charge is 2.11. The predicted molar refractivity (Wildman–Crippen MR) is 74.9 cm³/mol. The predicted octanol–water partition coefficient (Wildman–Crippen LogP) is 2.72. The minimum absolute atomic E-state index is 0.341. The second-order valence-electron chi connectivity index (χ2n) is 3.43. The molecule has 0 heterocycles. The van der Waals surface area contributed by atoms with Crippen LogP contribution in [0.1, 0.15) is 17.3 Å². The van der Waals surface area contributed by atoms with E-state index < -0.39 is 5.97 Å². The van der Waals surface area contributed by atoms with E-state index in [0.717, 1.165) is 0 Å². The van der Waals surface area contributed by atoms with Gasteiger partial charge in [0.25, 0.3) is 5.91 Å². The summed E-state index contributed by atoms with van der Waals surface area (Å²) in [5.74, 6) is -0.820. The SMILES string of the molecule is CCO/C=C/C(=O)Nc1ccc(Br)c(C(=O)OC)c1. The Labute approximate surface area is 119 Å². The first-order chi connectivity index (χ1) is 9.08. The maximum atomic E-state index is 11.5. The first kappa shape index (κ1) is 15.2. The van der Waals surface area contributed by atoms with E-state index in [2.05, 4.69) is 26.0 Å². The number of methoxy groups -OCH3 is 1. The first-order valence-electron chi connectivity index (χ1n) is 5.55. The molecule has 0 saturated heterocycles. The Hall–Kier alpha value is -1.82. The lowest BCUT2D eigenvalue weighted by molar-refractivity contribution is -0.112. The molecule has 0 fully saturated rings. The topological polar surface area (TPSA) is 64.6 Å². The Morgan fingerprint density at radius 3 is 2.79 bits per heavy atom. The zero-order chi connectivity index (χ0) is 14.3. The van der Waals surface area contributed by atoms with Crippen molar-refractivity contribution in [1.29, 1.82) is 0 Å². The molecule has 0 saturated carbocycles. The van der Waals surface area contributed by atoms with Gasteiger partial charge >= 0.3 is 5.97 Å². The van der Waals surface area contributed by atoms with E-state index in [1.807, 2.05) is 6.92 Å². The maximum absolute atomic E-state index is 11.5. The molecular formula is C13H14BrNO4. The van der Waals surface area contributed by atoms with Gasteiger partial charge in [-0.2, -0.15) is 0 Å². The maximum Gasteiger partial charge on any atom is 0.339 e. The highest BCUT2D eigenvalue weighted by atomic mass is 79.9. The van der Waals surface area contributed by atoms with Crippen LogP contribution in [-0.4, -0.2) is 25.6 Å². The van der Waals surface area contributed by atoms with Crippen molar-refractivity contribution in [1.82, 2.24) is 0 Å². The summed E-state index contributed by atoms with van der Waals surface area (Å²) < 4.78 is 10.2. The molecule has 1 aromatic carbocycles. The van der Waals surface area contributed by atoms with Crippen LogP contribution in [0.3, 0.4) is 0 Å². The number of hydrogen-bond donors (Lipinski definition) is 1. The fraction of sp³-hybridized carbons (Fsp3) is 0.231. The molecule has 5 nitrogen and oxygen atoms in total. The number of anilines is 1. The van der Waals surface area contributed by atoms with Gasteiger partial charge in [0.1, 0.15) is 0 Å². The highest BCUT2D eigenvalue weighted by molar-refractivity contribution is 9.10. The number of benzene rings is 1. The van der Waals surface area contributed by atoms with Gasteiger partial charge in [-0.15, -0.1) is 0 Å². The number of ether oxygens (including phenoxy) is 2. The number of esters is 1. The zero-order valence-corrected chi connectivity index (χ0v) is 12.2. The molecule has 0 aromatic heterocycles. The number of hydrogen-bond acceptors (Lipinski definition) is 4. The second-order valence-corrected chi connectivity index (χ2v) is 4.29.